The zero-order chi connectivity index (χ0) is 13.4. The summed E-state index contributed by atoms with van der Waals surface area (Å²) in [5, 5.41) is 10.8. The van der Waals surface area contributed by atoms with Gasteiger partial charge < -0.3 is 5.11 Å². The Morgan fingerprint density at radius 3 is 2.84 bits per heavy atom. The third kappa shape index (κ3) is 2.51. The van der Waals surface area contributed by atoms with Crippen molar-refractivity contribution in [3.05, 3.63) is 50.4 Å². The zero-order valence-electron chi connectivity index (χ0n) is 10.1. The van der Waals surface area contributed by atoms with Crippen molar-refractivity contribution in [1.82, 2.24) is 4.98 Å². The maximum atomic E-state index is 11.1. The molecule has 1 aromatic carbocycles. The number of carboxylic acid groups (broad SMARTS) is 1. The van der Waals surface area contributed by atoms with Crippen molar-refractivity contribution in [1.29, 1.82) is 0 Å². The number of fused-ring (bicyclic) bond motifs is 1. The molecule has 19 heavy (non-hydrogen) atoms. The van der Waals surface area contributed by atoms with E-state index in [1.54, 1.807) is 11.3 Å². The number of hydrogen-bond donors (Lipinski definition) is 1. The van der Waals surface area contributed by atoms with Gasteiger partial charge in [-0.15, -0.1) is 11.3 Å². The minimum absolute atomic E-state index is 0.412. The number of aryl methyl sites for hydroxylation is 1. The van der Waals surface area contributed by atoms with Gasteiger partial charge in [0.1, 0.15) is 5.92 Å². The molecule has 1 heterocycles. The smallest absolute Gasteiger partial charge is 0.312 e. The zero-order valence-corrected chi connectivity index (χ0v) is 11.7. The van der Waals surface area contributed by atoms with Gasteiger partial charge >= 0.3 is 5.97 Å². The fourth-order valence-corrected chi connectivity index (χ4v) is 3.68. The standard InChI is InChI=1S/C14H12ClNO2S/c15-9-3-1-8(2-4-9)7-12-16-13-10(14(17)18)5-6-11(13)19-12/h1-4,10H,5-7H2,(H,17,18). The lowest BCUT2D eigenvalue weighted by Gasteiger charge is -2.02. The summed E-state index contributed by atoms with van der Waals surface area (Å²) >= 11 is 7.49. The maximum absolute atomic E-state index is 11.1. The van der Waals surface area contributed by atoms with E-state index in [4.69, 9.17) is 16.7 Å². The quantitative estimate of drug-likeness (QED) is 0.942. The number of rotatable bonds is 3. The number of carboxylic acids is 1. The molecule has 0 aliphatic heterocycles. The number of carbonyl (C=O) groups is 1. The first kappa shape index (κ1) is 12.6. The molecule has 0 fully saturated rings. The number of aliphatic carboxylic acids is 1. The van der Waals surface area contributed by atoms with E-state index in [1.165, 1.54) is 0 Å². The van der Waals surface area contributed by atoms with Crippen molar-refractivity contribution in [2.45, 2.75) is 25.2 Å². The summed E-state index contributed by atoms with van der Waals surface area (Å²) in [5.41, 5.74) is 1.92. The minimum Gasteiger partial charge on any atom is -0.481 e. The van der Waals surface area contributed by atoms with Crippen LogP contribution < -0.4 is 0 Å². The van der Waals surface area contributed by atoms with Gasteiger partial charge in [0.15, 0.2) is 0 Å². The summed E-state index contributed by atoms with van der Waals surface area (Å²) in [7, 11) is 0. The van der Waals surface area contributed by atoms with Gasteiger partial charge in [-0.3, -0.25) is 4.79 Å². The molecule has 3 nitrogen and oxygen atoms in total. The van der Waals surface area contributed by atoms with Crippen LogP contribution in [-0.2, 0) is 17.6 Å². The Hall–Kier alpha value is -1.39. The first-order valence-corrected chi connectivity index (χ1v) is 7.28. The molecular formula is C14H12ClNO2S. The average molecular weight is 294 g/mol. The van der Waals surface area contributed by atoms with Crippen LogP contribution in [0, 0.1) is 0 Å². The van der Waals surface area contributed by atoms with E-state index in [1.807, 2.05) is 24.3 Å². The van der Waals surface area contributed by atoms with Crippen molar-refractivity contribution in [2.75, 3.05) is 0 Å². The highest BCUT2D eigenvalue weighted by molar-refractivity contribution is 7.11. The van der Waals surface area contributed by atoms with Gasteiger partial charge in [0, 0.05) is 16.3 Å². The summed E-state index contributed by atoms with van der Waals surface area (Å²) < 4.78 is 0. The maximum Gasteiger partial charge on any atom is 0.312 e. The van der Waals surface area contributed by atoms with Gasteiger partial charge in [-0.25, -0.2) is 4.98 Å². The molecule has 2 aromatic rings. The number of thiazole rings is 1. The van der Waals surface area contributed by atoms with E-state index < -0.39 is 11.9 Å². The molecular weight excluding hydrogens is 282 g/mol. The molecule has 0 saturated heterocycles. The molecule has 0 radical (unpaired) electrons. The molecule has 0 amide bonds. The summed E-state index contributed by atoms with van der Waals surface area (Å²) in [6.07, 6.45) is 2.26. The highest BCUT2D eigenvalue weighted by Crippen LogP contribution is 2.37. The van der Waals surface area contributed by atoms with Crippen LogP contribution in [0.1, 0.15) is 33.5 Å². The lowest BCUT2D eigenvalue weighted by Crippen LogP contribution is -2.08. The molecule has 0 saturated carbocycles. The Kier molecular flexibility index (Phi) is 3.29. The van der Waals surface area contributed by atoms with Gasteiger partial charge in [0.05, 0.1) is 10.7 Å². The van der Waals surface area contributed by atoms with Crippen molar-refractivity contribution in [3.8, 4) is 0 Å². The largest absolute Gasteiger partial charge is 0.481 e. The Morgan fingerprint density at radius 1 is 1.42 bits per heavy atom. The molecule has 0 spiro atoms. The van der Waals surface area contributed by atoms with Crippen molar-refractivity contribution >= 4 is 28.9 Å². The fourth-order valence-electron chi connectivity index (χ4n) is 2.37. The second-order valence-electron chi connectivity index (χ2n) is 4.65. The normalized spacial score (nSPS) is 17.4. The second-order valence-corrected chi connectivity index (χ2v) is 6.25. The van der Waals surface area contributed by atoms with Crippen LogP contribution in [0.3, 0.4) is 0 Å². The topological polar surface area (TPSA) is 50.2 Å². The van der Waals surface area contributed by atoms with Gasteiger partial charge in [-0.1, -0.05) is 23.7 Å². The Balaban J connectivity index is 1.82. The van der Waals surface area contributed by atoms with Crippen molar-refractivity contribution < 1.29 is 9.90 Å². The molecule has 1 aliphatic rings. The number of nitrogens with zero attached hydrogens (tertiary/aromatic N) is 1. The number of halogens is 1. The highest BCUT2D eigenvalue weighted by Gasteiger charge is 2.32. The van der Waals surface area contributed by atoms with E-state index in [2.05, 4.69) is 4.98 Å². The third-order valence-corrected chi connectivity index (χ3v) is 4.71. The number of benzene rings is 1. The van der Waals surface area contributed by atoms with Crippen LogP contribution in [0.25, 0.3) is 0 Å². The molecule has 1 aliphatic carbocycles. The monoisotopic (exact) mass is 293 g/mol. The molecule has 0 bridgehead atoms. The van der Waals surface area contributed by atoms with Gasteiger partial charge in [0.25, 0.3) is 0 Å². The molecule has 1 N–H and O–H groups in total. The molecule has 1 unspecified atom stereocenters. The Labute approximate surface area is 119 Å². The number of hydrogen-bond acceptors (Lipinski definition) is 3. The molecule has 98 valence electrons. The van der Waals surface area contributed by atoms with Crippen molar-refractivity contribution in [2.24, 2.45) is 0 Å². The summed E-state index contributed by atoms with van der Waals surface area (Å²) in [4.78, 5) is 16.8. The van der Waals surface area contributed by atoms with E-state index >= 15 is 0 Å². The van der Waals surface area contributed by atoms with E-state index in [0.29, 0.717) is 6.42 Å². The van der Waals surface area contributed by atoms with Crippen LogP contribution in [0.5, 0.6) is 0 Å². The van der Waals surface area contributed by atoms with Gasteiger partial charge in [-0.2, -0.15) is 0 Å². The average Bonchev–Trinajstić information content (AvgIpc) is 2.91. The molecule has 1 atom stereocenters. The van der Waals surface area contributed by atoms with Gasteiger partial charge in [0.2, 0.25) is 0 Å². The lowest BCUT2D eigenvalue weighted by atomic mass is 10.1. The Bertz CT molecular complexity index is 621. The van der Waals surface area contributed by atoms with E-state index in [0.717, 1.165) is 39.0 Å². The van der Waals surface area contributed by atoms with Crippen LogP contribution in [-0.4, -0.2) is 16.1 Å². The SMILES string of the molecule is O=C(O)C1CCc2sc(Cc3ccc(Cl)cc3)nc21. The first-order valence-electron chi connectivity index (χ1n) is 6.09. The van der Waals surface area contributed by atoms with E-state index in [-0.39, 0.29) is 0 Å². The number of aromatic nitrogens is 1. The van der Waals surface area contributed by atoms with Crippen LogP contribution in [0.4, 0.5) is 0 Å². The van der Waals surface area contributed by atoms with Crippen LogP contribution in [0.15, 0.2) is 24.3 Å². The molecule has 5 heteroatoms. The highest BCUT2D eigenvalue weighted by atomic mass is 35.5. The predicted molar refractivity (Wildman–Crippen MR) is 75.1 cm³/mol. The Morgan fingerprint density at radius 2 is 2.16 bits per heavy atom. The van der Waals surface area contributed by atoms with Crippen molar-refractivity contribution in [3.63, 3.8) is 0 Å². The second kappa shape index (κ2) is 4.94. The van der Waals surface area contributed by atoms with Gasteiger partial charge in [-0.05, 0) is 30.5 Å². The predicted octanol–water partition coefficient (Wildman–Crippen LogP) is 3.50. The summed E-state index contributed by atoms with van der Waals surface area (Å²) in [5.74, 6) is -1.17. The van der Waals surface area contributed by atoms with E-state index in [9.17, 15) is 4.79 Å². The summed E-state index contributed by atoms with van der Waals surface area (Å²) in [6.45, 7) is 0. The van der Waals surface area contributed by atoms with Crippen LogP contribution >= 0.6 is 22.9 Å². The van der Waals surface area contributed by atoms with Crippen LogP contribution in [0.2, 0.25) is 5.02 Å². The first-order chi connectivity index (χ1) is 9.13. The molecule has 1 aromatic heterocycles. The fraction of sp³-hybridized carbons (Fsp3) is 0.286. The summed E-state index contributed by atoms with van der Waals surface area (Å²) in [6, 6.07) is 7.67. The third-order valence-electron chi connectivity index (χ3n) is 3.33. The lowest BCUT2D eigenvalue weighted by molar-refractivity contribution is -0.138. The minimum atomic E-state index is -0.762. The molecule has 3 rings (SSSR count).